The number of nitrogens with one attached hydrogen (secondary N) is 1. The fourth-order valence-corrected chi connectivity index (χ4v) is 0.746. The fourth-order valence-electron chi connectivity index (χ4n) is 0.746. The second-order valence-electron chi connectivity index (χ2n) is 2.61. The Morgan fingerprint density at radius 1 is 1.00 bits per heavy atom. The largest absolute Gasteiger partial charge is 0.177 e. The van der Waals surface area contributed by atoms with E-state index in [1.165, 1.54) is 5.56 Å². The van der Waals surface area contributed by atoms with Crippen molar-refractivity contribution in [2.24, 2.45) is 0 Å². The van der Waals surface area contributed by atoms with Gasteiger partial charge in [0.25, 0.3) is 0 Å². The van der Waals surface area contributed by atoms with Gasteiger partial charge in [-0.2, -0.15) is 5.21 Å². The minimum absolute atomic E-state index is 0.676. The van der Waals surface area contributed by atoms with Gasteiger partial charge < -0.3 is 0 Å². The number of benzene rings is 1. The number of aromatic amines is 1. The number of rotatable bonds is 0. The topological polar surface area (TPSA) is 54.5 Å². The molecule has 0 unspecified atom stereocenters. The predicted molar refractivity (Wildman–Crippen MR) is 61.4 cm³/mol. The number of H-pyrrole nitrogens is 1. The molecule has 0 radical (unpaired) electrons. The van der Waals surface area contributed by atoms with Crippen LogP contribution in [0.4, 0.5) is 0 Å². The van der Waals surface area contributed by atoms with Gasteiger partial charge in [0.1, 0.15) is 0 Å². The van der Waals surface area contributed by atoms with Gasteiger partial charge in [0.05, 0.1) is 0 Å². The maximum Gasteiger partial charge on any atom is 0.171 e. The molecule has 0 aliphatic carbocycles. The van der Waals surface area contributed by atoms with Crippen LogP contribution in [0.1, 0.15) is 25.2 Å². The molecule has 0 spiro atoms. The van der Waals surface area contributed by atoms with Crippen LogP contribution in [-0.2, 0) is 0 Å². The molecule has 82 valence electrons. The van der Waals surface area contributed by atoms with Crippen LogP contribution in [0.3, 0.4) is 0 Å². The third-order valence-electron chi connectivity index (χ3n) is 1.39. The molecule has 0 bridgehead atoms. The molecule has 0 saturated carbocycles. The first-order valence-corrected chi connectivity index (χ1v) is 5.01. The molecular formula is C11H18N4. The van der Waals surface area contributed by atoms with Crippen LogP contribution in [-0.4, -0.2) is 20.6 Å². The van der Waals surface area contributed by atoms with Gasteiger partial charge in [-0.25, -0.2) is 0 Å². The van der Waals surface area contributed by atoms with Gasteiger partial charge in [-0.1, -0.05) is 55.0 Å². The Hall–Kier alpha value is -1.71. The standard InChI is InChI=1S/C7H8.C2H4N4.C2H6/c1-7-5-3-2-4-6-7;1-2-3-5-6-4-2;1-2/h2-6H,1H3;1H3,(H,3,4,5,6);1-2H3. The predicted octanol–water partition coefficient (Wildman–Crippen LogP) is 2.53. The first-order valence-electron chi connectivity index (χ1n) is 5.01. The molecule has 2 aromatic rings. The average Bonchev–Trinajstić information content (AvgIpc) is 2.74. The smallest absolute Gasteiger partial charge is 0.171 e. The van der Waals surface area contributed by atoms with Gasteiger partial charge in [-0.05, 0) is 13.8 Å². The van der Waals surface area contributed by atoms with Crippen molar-refractivity contribution in [2.75, 3.05) is 0 Å². The Bertz CT molecular complexity index is 316. The SMILES string of the molecule is CC.Cc1ccccc1.Cc1nn[nH]n1. The molecule has 4 heteroatoms. The van der Waals surface area contributed by atoms with Gasteiger partial charge in [0.15, 0.2) is 5.82 Å². The van der Waals surface area contributed by atoms with E-state index < -0.39 is 0 Å². The summed E-state index contributed by atoms with van der Waals surface area (Å²) in [4.78, 5) is 0. The summed E-state index contributed by atoms with van der Waals surface area (Å²) in [7, 11) is 0. The van der Waals surface area contributed by atoms with Gasteiger partial charge >= 0.3 is 0 Å². The highest BCUT2D eigenvalue weighted by Crippen LogP contribution is 1.92. The number of tetrazole rings is 1. The highest BCUT2D eigenvalue weighted by Gasteiger charge is 1.78. The van der Waals surface area contributed by atoms with E-state index in [0.29, 0.717) is 5.82 Å². The summed E-state index contributed by atoms with van der Waals surface area (Å²) in [5.41, 5.74) is 1.32. The minimum atomic E-state index is 0.676. The Balaban J connectivity index is 0.000000227. The zero-order valence-electron chi connectivity index (χ0n) is 9.73. The summed E-state index contributed by atoms with van der Waals surface area (Å²) in [6, 6.07) is 10.3. The van der Waals surface area contributed by atoms with Gasteiger partial charge in [0, 0.05) is 0 Å². The highest BCUT2D eigenvalue weighted by molar-refractivity contribution is 5.11. The Labute approximate surface area is 90.7 Å². The summed E-state index contributed by atoms with van der Waals surface area (Å²) in [6.45, 7) is 7.85. The Kier molecular flexibility index (Phi) is 7.86. The molecule has 0 saturated heterocycles. The summed E-state index contributed by atoms with van der Waals surface area (Å²) < 4.78 is 0. The quantitative estimate of drug-likeness (QED) is 0.720. The highest BCUT2D eigenvalue weighted by atomic mass is 15.5. The molecule has 0 fully saturated rings. The molecule has 0 amide bonds. The van der Waals surface area contributed by atoms with Crippen LogP contribution in [0.25, 0.3) is 0 Å². The molecule has 0 aliphatic heterocycles. The average molecular weight is 206 g/mol. The number of hydrogen-bond donors (Lipinski definition) is 1. The zero-order valence-corrected chi connectivity index (χ0v) is 9.73. The van der Waals surface area contributed by atoms with Crippen LogP contribution < -0.4 is 0 Å². The van der Waals surface area contributed by atoms with Gasteiger partial charge in [0.2, 0.25) is 0 Å². The number of aromatic nitrogens is 4. The second kappa shape index (κ2) is 8.87. The maximum absolute atomic E-state index is 3.57. The summed E-state index contributed by atoms with van der Waals surface area (Å²) >= 11 is 0. The Morgan fingerprint density at radius 3 is 1.80 bits per heavy atom. The summed E-state index contributed by atoms with van der Waals surface area (Å²) in [5.74, 6) is 0.676. The molecular weight excluding hydrogens is 188 g/mol. The molecule has 2 rings (SSSR count). The summed E-state index contributed by atoms with van der Waals surface area (Å²) in [6.07, 6.45) is 0. The van der Waals surface area contributed by atoms with Crippen LogP contribution in [0.15, 0.2) is 30.3 Å². The first kappa shape index (κ1) is 13.3. The van der Waals surface area contributed by atoms with Crippen LogP contribution >= 0.6 is 0 Å². The van der Waals surface area contributed by atoms with E-state index in [4.69, 9.17) is 0 Å². The van der Waals surface area contributed by atoms with Crippen molar-refractivity contribution in [3.05, 3.63) is 41.7 Å². The molecule has 1 N–H and O–H groups in total. The van der Waals surface area contributed by atoms with E-state index in [1.807, 2.05) is 32.0 Å². The number of aryl methyl sites for hydroxylation is 2. The molecule has 1 heterocycles. The maximum atomic E-state index is 3.57. The molecule has 0 aliphatic rings. The lowest BCUT2D eigenvalue weighted by Gasteiger charge is -1.82. The van der Waals surface area contributed by atoms with Crippen molar-refractivity contribution in [3.63, 3.8) is 0 Å². The molecule has 1 aromatic carbocycles. The second-order valence-corrected chi connectivity index (χ2v) is 2.61. The minimum Gasteiger partial charge on any atom is -0.177 e. The van der Waals surface area contributed by atoms with E-state index in [2.05, 4.69) is 39.7 Å². The molecule has 0 atom stereocenters. The van der Waals surface area contributed by atoms with Crippen molar-refractivity contribution >= 4 is 0 Å². The normalized spacial score (nSPS) is 8.00. The summed E-state index contributed by atoms with van der Waals surface area (Å²) in [5, 5.41) is 12.7. The van der Waals surface area contributed by atoms with E-state index >= 15 is 0 Å². The van der Waals surface area contributed by atoms with Crippen LogP contribution in [0.5, 0.6) is 0 Å². The van der Waals surface area contributed by atoms with Crippen molar-refractivity contribution in [1.82, 2.24) is 20.6 Å². The van der Waals surface area contributed by atoms with Crippen LogP contribution in [0, 0.1) is 13.8 Å². The lowest BCUT2D eigenvalue weighted by Crippen LogP contribution is -1.69. The first-order chi connectivity index (χ1) is 7.29. The van der Waals surface area contributed by atoms with E-state index in [-0.39, 0.29) is 0 Å². The molecule has 15 heavy (non-hydrogen) atoms. The monoisotopic (exact) mass is 206 g/mol. The third kappa shape index (κ3) is 7.37. The zero-order chi connectivity index (χ0) is 11.5. The number of nitrogens with zero attached hydrogens (tertiary/aromatic N) is 3. The third-order valence-corrected chi connectivity index (χ3v) is 1.39. The fraction of sp³-hybridized carbons (Fsp3) is 0.364. The lowest BCUT2D eigenvalue weighted by atomic mass is 10.2. The van der Waals surface area contributed by atoms with Crippen molar-refractivity contribution in [2.45, 2.75) is 27.7 Å². The van der Waals surface area contributed by atoms with Crippen LogP contribution in [0.2, 0.25) is 0 Å². The van der Waals surface area contributed by atoms with Gasteiger partial charge in [-0.15, -0.1) is 10.2 Å². The number of hydrogen-bond acceptors (Lipinski definition) is 3. The molecule has 4 nitrogen and oxygen atoms in total. The van der Waals surface area contributed by atoms with E-state index in [0.717, 1.165) is 0 Å². The van der Waals surface area contributed by atoms with Crippen molar-refractivity contribution < 1.29 is 0 Å². The Morgan fingerprint density at radius 2 is 1.60 bits per heavy atom. The van der Waals surface area contributed by atoms with E-state index in [1.54, 1.807) is 6.92 Å². The molecule has 1 aromatic heterocycles. The van der Waals surface area contributed by atoms with Gasteiger partial charge in [-0.3, -0.25) is 0 Å². The lowest BCUT2D eigenvalue weighted by molar-refractivity contribution is 0.881. The van der Waals surface area contributed by atoms with Crippen molar-refractivity contribution in [3.8, 4) is 0 Å². The van der Waals surface area contributed by atoms with E-state index in [9.17, 15) is 0 Å². The van der Waals surface area contributed by atoms with Crippen molar-refractivity contribution in [1.29, 1.82) is 0 Å².